The maximum Gasteiger partial charge on any atom is 0.310 e. The van der Waals surface area contributed by atoms with E-state index in [1.807, 2.05) is 4.90 Å². The summed E-state index contributed by atoms with van der Waals surface area (Å²) in [5.74, 6) is 0.475. The number of carbonyl (C=O) groups is 1. The van der Waals surface area contributed by atoms with E-state index in [1.165, 1.54) is 7.11 Å². The normalized spacial score (nSPS) is 19.5. The molecule has 92 valence electrons. The second kappa shape index (κ2) is 5.23. The summed E-state index contributed by atoms with van der Waals surface area (Å²) in [5, 5.41) is 0.588. The molecule has 1 unspecified atom stereocenters. The van der Waals surface area contributed by atoms with E-state index in [-0.39, 0.29) is 11.9 Å². The Morgan fingerprint density at radius 2 is 2.47 bits per heavy atom. The van der Waals surface area contributed by atoms with Gasteiger partial charge in [-0.25, -0.2) is 4.98 Å². The highest BCUT2D eigenvalue weighted by Gasteiger charge is 2.30. The predicted octanol–water partition coefficient (Wildman–Crippen LogP) is 2.50. The SMILES string of the molecule is COC(=O)C1CCN(c2ncc(Br)cc2Cl)C1. The van der Waals surface area contributed by atoms with E-state index in [2.05, 4.69) is 20.9 Å². The zero-order chi connectivity index (χ0) is 12.4. The van der Waals surface area contributed by atoms with Crippen molar-refractivity contribution in [2.45, 2.75) is 6.42 Å². The van der Waals surface area contributed by atoms with E-state index < -0.39 is 0 Å². The second-order valence-corrected chi connectivity index (χ2v) is 5.24. The molecular formula is C11H12BrClN2O2. The third kappa shape index (κ3) is 2.72. The Kier molecular flexibility index (Phi) is 3.89. The number of pyridine rings is 1. The molecule has 1 saturated heterocycles. The first-order chi connectivity index (χ1) is 8.11. The number of aromatic nitrogens is 1. The van der Waals surface area contributed by atoms with Crippen LogP contribution < -0.4 is 4.90 Å². The molecule has 2 heterocycles. The van der Waals surface area contributed by atoms with Crippen molar-refractivity contribution in [3.63, 3.8) is 0 Å². The highest BCUT2D eigenvalue weighted by atomic mass is 79.9. The van der Waals surface area contributed by atoms with Crippen molar-refractivity contribution in [2.24, 2.45) is 5.92 Å². The Morgan fingerprint density at radius 1 is 1.71 bits per heavy atom. The van der Waals surface area contributed by atoms with Gasteiger partial charge in [0.25, 0.3) is 0 Å². The Bertz CT molecular complexity index is 441. The number of ether oxygens (including phenoxy) is 1. The fourth-order valence-corrected chi connectivity index (χ4v) is 2.70. The lowest BCUT2D eigenvalue weighted by Gasteiger charge is -2.18. The van der Waals surface area contributed by atoms with Crippen molar-refractivity contribution in [3.8, 4) is 0 Å². The molecule has 0 aliphatic carbocycles. The van der Waals surface area contributed by atoms with E-state index in [0.29, 0.717) is 11.6 Å². The maximum absolute atomic E-state index is 11.4. The summed E-state index contributed by atoms with van der Waals surface area (Å²) in [4.78, 5) is 17.7. The van der Waals surface area contributed by atoms with Crippen LogP contribution in [0.4, 0.5) is 5.82 Å². The van der Waals surface area contributed by atoms with Gasteiger partial charge < -0.3 is 9.64 Å². The smallest absolute Gasteiger partial charge is 0.310 e. The van der Waals surface area contributed by atoms with E-state index in [1.54, 1.807) is 12.3 Å². The minimum atomic E-state index is -0.166. The fourth-order valence-electron chi connectivity index (χ4n) is 1.95. The molecule has 4 nitrogen and oxygen atoms in total. The van der Waals surface area contributed by atoms with Crippen molar-refractivity contribution >= 4 is 39.3 Å². The minimum absolute atomic E-state index is 0.0819. The van der Waals surface area contributed by atoms with Crippen LogP contribution in [-0.2, 0) is 9.53 Å². The monoisotopic (exact) mass is 318 g/mol. The number of anilines is 1. The van der Waals surface area contributed by atoms with Crippen molar-refractivity contribution in [1.29, 1.82) is 0 Å². The van der Waals surface area contributed by atoms with Gasteiger partial charge in [0, 0.05) is 23.8 Å². The van der Waals surface area contributed by atoms with Crippen LogP contribution in [0.5, 0.6) is 0 Å². The molecule has 6 heteroatoms. The molecule has 17 heavy (non-hydrogen) atoms. The first kappa shape index (κ1) is 12.6. The molecule has 1 atom stereocenters. The molecule has 0 bridgehead atoms. The minimum Gasteiger partial charge on any atom is -0.469 e. The van der Waals surface area contributed by atoms with E-state index in [4.69, 9.17) is 16.3 Å². The van der Waals surface area contributed by atoms with Gasteiger partial charge in [0.1, 0.15) is 5.82 Å². The first-order valence-electron chi connectivity index (χ1n) is 5.25. The zero-order valence-corrected chi connectivity index (χ0v) is 11.7. The summed E-state index contributed by atoms with van der Waals surface area (Å²) < 4.78 is 5.58. The Labute approximate surface area is 113 Å². The van der Waals surface area contributed by atoms with Crippen LogP contribution in [-0.4, -0.2) is 31.2 Å². The van der Waals surface area contributed by atoms with Crippen molar-refractivity contribution in [1.82, 2.24) is 4.98 Å². The molecular weight excluding hydrogens is 307 g/mol. The molecule has 0 radical (unpaired) electrons. The van der Waals surface area contributed by atoms with E-state index >= 15 is 0 Å². The summed E-state index contributed by atoms with van der Waals surface area (Å²) in [5.41, 5.74) is 0. The molecule has 1 aliphatic rings. The quantitative estimate of drug-likeness (QED) is 0.786. The van der Waals surface area contributed by atoms with Crippen molar-refractivity contribution in [2.75, 3.05) is 25.1 Å². The third-order valence-corrected chi connectivity index (χ3v) is 3.52. The largest absolute Gasteiger partial charge is 0.469 e. The van der Waals surface area contributed by atoms with E-state index in [0.717, 1.165) is 23.3 Å². The van der Waals surface area contributed by atoms with Crippen LogP contribution in [0, 0.1) is 5.92 Å². The summed E-state index contributed by atoms with van der Waals surface area (Å²) in [6.45, 7) is 1.38. The van der Waals surface area contributed by atoms with Crippen molar-refractivity contribution < 1.29 is 9.53 Å². The Hall–Kier alpha value is -0.810. The van der Waals surface area contributed by atoms with Gasteiger partial charge in [-0.2, -0.15) is 0 Å². The number of hydrogen-bond acceptors (Lipinski definition) is 4. The summed E-state index contributed by atoms with van der Waals surface area (Å²) in [6.07, 6.45) is 2.48. The average molecular weight is 320 g/mol. The highest BCUT2D eigenvalue weighted by molar-refractivity contribution is 9.10. The number of esters is 1. The van der Waals surface area contributed by atoms with Crippen LogP contribution >= 0.6 is 27.5 Å². The molecule has 0 N–H and O–H groups in total. The number of hydrogen-bond donors (Lipinski definition) is 0. The number of halogens is 2. The number of rotatable bonds is 2. The highest BCUT2D eigenvalue weighted by Crippen LogP contribution is 2.30. The van der Waals surface area contributed by atoms with Gasteiger partial charge in [-0.1, -0.05) is 11.6 Å². The summed E-state index contributed by atoms with van der Waals surface area (Å²) >= 11 is 9.43. The molecule has 1 aromatic rings. The van der Waals surface area contributed by atoms with Crippen LogP contribution in [0.25, 0.3) is 0 Å². The van der Waals surface area contributed by atoms with Gasteiger partial charge in [-0.3, -0.25) is 4.79 Å². The van der Waals surface area contributed by atoms with Gasteiger partial charge >= 0.3 is 5.97 Å². The molecule has 0 amide bonds. The summed E-state index contributed by atoms with van der Waals surface area (Å²) in [7, 11) is 1.41. The maximum atomic E-state index is 11.4. The Balaban J connectivity index is 2.12. The third-order valence-electron chi connectivity index (χ3n) is 2.81. The lowest BCUT2D eigenvalue weighted by molar-refractivity contribution is -0.144. The molecule has 1 aromatic heterocycles. The molecule has 0 aromatic carbocycles. The zero-order valence-electron chi connectivity index (χ0n) is 9.32. The van der Waals surface area contributed by atoms with Crippen LogP contribution in [0.1, 0.15) is 6.42 Å². The van der Waals surface area contributed by atoms with Crippen molar-refractivity contribution in [3.05, 3.63) is 21.8 Å². The summed E-state index contributed by atoms with van der Waals surface area (Å²) in [6, 6.07) is 1.80. The van der Waals surface area contributed by atoms with Gasteiger partial charge in [0.05, 0.1) is 18.1 Å². The average Bonchev–Trinajstić information content (AvgIpc) is 2.77. The molecule has 1 fully saturated rings. The Morgan fingerprint density at radius 3 is 3.12 bits per heavy atom. The molecule has 2 rings (SSSR count). The predicted molar refractivity (Wildman–Crippen MR) is 69.3 cm³/mol. The van der Waals surface area contributed by atoms with Gasteiger partial charge in [-0.05, 0) is 28.4 Å². The van der Waals surface area contributed by atoms with Crippen LogP contribution in [0.2, 0.25) is 5.02 Å². The number of methoxy groups -OCH3 is 1. The van der Waals surface area contributed by atoms with Gasteiger partial charge in [-0.15, -0.1) is 0 Å². The first-order valence-corrected chi connectivity index (χ1v) is 6.42. The second-order valence-electron chi connectivity index (χ2n) is 3.91. The standard InChI is InChI=1S/C11H12BrClN2O2/c1-17-11(16)7-2-3-15(6-7)10-9(13)4-8(12)5-14-10/h4-5,7H,2-3,6H2,1H3. The lowest BCUT2D eigenvalue weighted by Crippen LogP contribution is -2.24. The van der Waals surface area contributed by atoms with Crippen LogP contribution in [0.3, 0.4) is 0 Å². The molecule has 0 spiro atoms. The number of nitrogens with zero attached hydrogens (tertiary/aromatic N) is 2. The molecule has 0 saturated carbocycles. The van der Waals surface area contributed by atoms with Gasteiger partial charge in [0.15, 0.2) is 0 Å². The number of carbonyl (C=O) groups excluding carboxylic acids is 1. The lowest BCUT2D eigenvalue weighted by atomic mass is 10.1. The van der Waals surface area contributed by atoms with E-state index in [9.17, 15) is 4.79 Å². The fraction of sp³-hybridized carbons (Fsp3) is 0.455. The van der Waals surface area contributed by atoms with Crippen LogP contribution in [0.15, 0.2) is 16.7 Å². The molecule has 1 aliphatic heterocycles. The van der Waals surface area contributed by atoms with Gasteiger partial charge in [0.2, 0.25) is 0 Å². The topological polar surface area (TPSA) is 42.4 Å².